The number of nitro benzene ring substituents is 1. The summed E-state index contributed by atoms with van der Waals surface area (Å²) in [7, 11) is 0. The molecule has 0 aliphatic heterocycles. The second kappa shape index (κ2) is 8.43. The molecule has 2 aromatic carbocycles. The van der Waals surface area contributed by atoms with Gasteiger partial charge in [-0.25, -0.2) is 4.98 Å². The average Bonchev–Trinajstić information content (AvgIpc) is 2.69. The first-order chi connectivity index (χ1) is 13.4. The molecule has 1 atom stereocenters. The molecular formula is C20H20N4O4. The lowest BCUT2D eigenvalue weighted by atomic mass is 10.1. The molecule has 1 heterocycles. The Morgan fingerprint density at radius 2 is 2.00 bits per heavy atom. The van der Waals surface area contributed by atoms with Crippen molar-refractivity contribution in [3.8, 4) is 0 Å². The molecule has 0 radical (unpaired) electrons. The monoisotopic (exact) mass is 380 g/mol. The summed E-state index contributed by atoms with van der Waals surface area (Å²) >= 11 is 0. The topological polar surface area (TPSA) is 107 Å². The van der Waals surface area contributed by atoms with Crippen LogP contribution in [0.2, 0.25) is 0 Å². The summed E-state index contributed by atoms with van der Waals surface area (Å²) < 4.78 is 1.20. The number of rotatable bonds is 7. The fraction of sp³-hybridized carbons (Fsp3) is 0.250. The van der Waals surface area contributed by atoms with Gasteiger partial charge in [0.25, 0.3) is 11.2 Å². The second-order valence-corrected chi connectivity index (χ2v) is 6.63. The number of aromatic nitrogens is 2. The van der Waals surface area contributed by atoms with Crippen molar-refractivity contribution in [2.45, 2.75) is 32.4 Å². The van der Waals surface area contributed by atoms with Crippen LogP contribution in [0, 0.1) is 10.1 Å². The Morgan fingerprint density at radius 3 is 2.71 bits per heavy atom. The van der Waals surface area contributed by atoms with Crippen molar-refractivity contribution in [1.82, 2.24) is 14.9 Å². The summed E-state index contributed by atoms with van der Waals surface area (Å²) in [4.78, 5) is 39.1. The fourth-order valence-electron chi connectivity index (χ4n) is 2.95. The van der Waals surface area contributed by atoms with Crippen molar-refractivity contribution in [2.24, 2.45) is 0 Å². The molecule has 0 aliphatic rings. The molecule has 28 heavy (non-hydrogen) atoms. The second-order valence-electron chi connectivity index (χ2n) is 6.63. The highest BCUT2D eigenvalue weighted by atomic mass is 16.6. The zero-order chi connectivity index (χ0) is 20.1. The Balaban J connectivity index is 1.64. The van der Waals surface area contributed by atoms with Crippen molar-refractivity contribution in [3.63, 3.8) is 0 Å². The maximum atomic E-state index is 12.5. The first-order valence-corrected chi connectivity index (χ1v) is 8.91. The molecule has 0 fully saturated rings. The summed E-state index contributed by atoms with van der Waals surface area (Å²) in [6.07, 6.45) is 2.87. The first-order valence-electron chi connectivity index (χ1n) is 8.91. The minimum atomic E-state index is -0.545. The van der Waals surface area contributed by atoms with E-state index in [1.54, 1.807) is 0 Å². The highest BCUT2D eigenvalue weighted by Gasteiger charge is 2.13. The molecule has 1 N–H and O–H groups in total. The van der Waals surface area contributed by atoms with Gasteiger partial charge in [0, 0.05) is 18.2 Å². The van der Waals surface area contributed by atoms with E-state index in [1.807, 2.05) is 37.3 Å². The Bertz CT molecular complexity index is 1060. The number of nitro groups is 1. The third kappa shape index (κ3) is 4.59. The van der Waals surface area contributed by atoms with Crippen molar-refractivity contribution in [3.05, 3.63) is 80.9 Å². The SMILES string of the molecule is CC(CCc1ccccc1)NC(=O)Cn1cnc2cc([N+](=O)[O-])ccc2c1=O. The molecule has 0 saturated carbocycles. The van der Waals surface area contributed by atoms with Gasteiger partial charge in [0.05, 0.1) is 22.2 Å². The van der Waals surface area contributed by atoms with Crippen molar-refractivity contribution >= 4 is 22.5 Å². The number of carbonyl (C=O) groups is 1. The van der Waals surface area contributed by atoms with Crippen LogP contribution in [0.25, 0.3) is 10.9 Å². The highest BCUT2D eigenvalue weighted by Crippen LogP contribution is 2.16. The van der Waals surface area contributed by atoms with Crippen molar-refractivity contribution in [2.75, 3.05) is 0 Å². The minimum Gasteiger partial charge on any atom is -0.352 e. The van der Waals surface area contributed by atoms with Crippen LogP contribution in [0.3, 0.4) is 0 Å². The van der Waals surface area contributed by atoms with Gasteiger partial charge in [0.1, 0.15) is 6.54 Å². The number of fused-ring (bicyclic) bond motifs is 1. The number of nitrogens with zero attached hydrogens (tertiary/aromatic N) is 3. The number of non-ortho nitro benzene ring substituents is 1. The van der Waals surface area contributed by atoms with E-state index in [0.29, 0.717) is 0 Å². The Morgan fingerprint density at radius 1 is 1.25 bits per heavy atom. The minimum absolute atomic E-state index is 0.0422. The lowest BCUT2D eigenvalue weighted by molar-refractivity contribution is -0.384. The number of amides is 1. The third-order valence-corrected chi connectivity index (χ3v) is 4.45. The number of benzene rings is 2. The summed E-state index contributed by atoms with van der Waals surface area (Å²) in [6, 6.07) is 13.8. The molecule has 1 amide bonds. The fourth-order valence-corrected chi connectivity index (χ4v) is 2.95. The third-order valence-electron chi connectivity index (χ3n) is 4.45. The molecule has 8 heteroatoms. The van der Waals surface area contributed by atoms with Crippen LogP contribution in [0.1, 0.15) is 18.9 Å². The summed E-state index contributed by atoms with van der Waals surface area (Å²) in [5.41, 5.74) is 0.883. The van der Waals surface area contributed by atoms with Gasteiger partial charge in [-0.1, -0.05) is 30.3 Å². The maximum Gasteiger partial charge on any atom is 0.271 e. The number of carbonyl (C=O) groups excluding carboxylic acids is 1. The number of hydrogen-bond acceptors (Lipinski definition) is 5. The van der Waals surface area contributed by atoms with Gasteiger partial charge in [-0.15, -0.1) is 0 Å². The predicted octanol–water partition coefficient (Wildman–Crippen LogP) is 2.44. The molecule has 0 saturated heterocycles. The molecule has 8 nitrogen and oxygen atoms in total. The van der Waals surface area contributed by atoms with Crippen LogP contribution >= 0.6 is 0 Å². The van der Waals surface area contributed by atoms with E-state index in [-0.39, 0.29) is 35.1 Å². The van der Waals surface area contributed by atoms with E-state index in [0.717, 1.165) is 12.8 Å². The van der Waals surface area contributed by atoms with Crippen LogP contribution in [0.15, 0.2) is 59.7 Å². The van der Waals surface area contributed by atoms with Crippen LogP contribution in [-0.2, 0) is 17.8 Å². The smallest absolute Gasteiger partial charge is 0.271 e. The van der Waals surface area contributed by atoms with Crippen molar-refractivity contribution in [1.29, 1.82) is 0 Å². The quantitative estimate of drug-likeness (QED) is 0.500. The average molecular weight is 380 g/mol. The zero-order valence-corrected chi connectivity index (χ0v) is 15.4. The van der Waals surface area contributed by atoms with E-state index in [1.165, 1.54) is 34.7 Å². The molecular weight excluding hydrogens is 360 g/mol. The number of hydrogen-bond donors (Lipinski definition) is 1. The lowest BCUT2D eigenvalue weighted by Crippen LogP contribution is -2.37. The summed E-state index contributed by atoms with van der Waals surface area (Å²) in [6.45, 7) is 1.76. The van der Waals surface area contributed by atoms with E-state index < -0.39 is 10.5 Å². The van der Waals surface area contributed by atoms with E-state index >= 15 is 0 Å². The molecule has 1 aromatic heterocycles. The molecule has 144 valence electrons. The lowest BCUT2D eigenvalue weighted by Gasteiger charge is -2.14. The standard InChI is InChI=1S/C20H20N4O4/c1-14(7-8-15-5-3-2-4-6-15)22-19(25)12-23-13-21-18-11-16(24(27)28)9-10-17(18)20(23)26/h2-6,9-11,13-14H,7-8,12H2,1H3,(H,22,25). The van der Waals surface area contributed by atoms with Gasteiger partial charge >= 0.3 is 0 Å². The van der Waals surface area contributed by atoms with Crippen molar-refractivity contribution < 1.29 is 9.72 Å². The van der Waals surface area contributed by atoms with E-state index in [9.17, 15) is 19.7 Å². The Kier molecular flexibility index (Phi) is 5.78. The van der Waals surface area contributed by atoms with Gasteiger partial charge in [0.2, 0.25) is 5.91 Å². The largest absolute Gasteiger partial charge is 0.352 e. The normalized spacial score (nSPS) is 11.9. The number of aryl methyl sites for hydroxylation is 1. The summed E-state index contributed by atoms with van der Waals surface area (Å²) in [5.74, 6) is -0.286. The van der Waals surface area contributed by atoms with Gasteiger partial charge in [-0.3, -0.25) is 24.3 Å². The van der Waals surface area contributed by atoms with E-state index in [4.69, 9.17) is 0 Å². The van der Waals surface area contributed by atoms with Crippen LogP contribution in [-0.4, -0.2) is 26.4 Å². The molecule has 3 rings (SSSR count). The summed E-state index contributed by atoms with van der Waals surface area (Å²) in [5, 5.41) is 13.9. The highest BCUT2D eigenvalue weighted by molar-refractivity contribution is 5.80. The van der Waals surface area contributed by atoms with E-state index in [2.05, 4.69) is 10.3 Å². The first kappa shape index (κ1) is 19.2. The van der Waals surface area contributed by atoms with Crippen LogP contribution in [0.5, 0.6) is 0 Å². The molecule has 3 aromatic rings. The number of nitrogens with one attached hydrogen (secondary N) is 1. The van der Waals surface area contributed by atoms with Gasteiger partial charge < -0.3 is 5.32 Å². The van der Waals surface area contributed by atoms with Gasteiger partial charge in [-0.05, 0) is 31.4 Å². The predicted molar refractivity (Wildman–Crippen MR) is 105 cm³/mol. The zero-order valence-electron chi connectivity index (χ0n) is 15.4. The van der Waals surface area contributed by atoms with Crippen LogP contribution < -0.4 is 10.9 Å². The molecule has 0 aliphatic carbocycles. The van der Waals surface area contributed by atoms with Crippen LogP contribution in [0.4, 0.5) is 5.69 Å². The molecule has 0 spiro atoms. The Labute approximate surface area is 161 Å². The van der Waals surface area contributed by atoms with Gasteiger partial charge in [0.15, 0.2) is 0 Å². The molecule has 0 bridgehead atoms. The molecule has 1 unspecified atom stereocenters. The Hall–Kier alpha value is -3.55. The van der Waals surface area contributed by atoms with Gasteiger partial charge in [-0.2, -0.15) is 0 Å². The maximum absolute atomic E-state index is 12.5.